The van der Waals surface area contributed by atoms with Gasteiger partial charge < -0.3 is 10.4 Å². The molecule has 0 radical (unpaired) electrons. The van der Waals surface area contributed by atoms with Gasteiger partial charge in [0.15, 0.2) is 0 Å². The quantitative estimate of drug-likeness (QED) is 0.722. The minimum atomic E-state index is -0.924. The van der Waals surface area contributed by atoms with Crippen molar-refractivity contribution in [1.82, 2.24) is 5.32 Å². The zero-order valence-electron chi connectivity index (χ0n) is 8.73. The van der Waals surface area contributed by atoms with Gasteiger partial charge in [0.05, 0.1) is 0 Å². The van der Waals surface area contributed by atoms with E-state index in [1.54, 1.807) is 6.08 Å². The van der Waals surface area contributed by atoms with E-state index in [-0.39, 0.29) is 0 Å². The van der Waals surface area contributed by atoms with Crippen LogP contribution in [0.4, 0.5) is 0 Å². The summed E-state index contributed by atoms with van der Waals surface area (Å²) in [7, 11) is 0. The Balaban J connectivity index is 2.60. The molecule has 3 nitrogen and oxygen atoms in total. The van der Waals surface area contributed by atoms with Gasteiger partial charge in [-0.1, -0.05) is 31.2 Å². The van der Waals surface area contributed by atoms with Crippen molar-refractivity contribution in [2.45, 2.75) is 13.5 Å². The summed E-state index contributed by atoms with van der Waals surface area (Å²) in [5.74, 6) is -0.924. The van der Waals surface area contributed by atoms with Crippen LogP contribution in [0.5, 0.6) is 0 Å². The SMILES string of the molecule is CCNCc1ccc(/C=C\C(=O)O)cc1. The number of carboxylic acid groups (broad SMARTS) is 1. The van der Waals surface area contributed by atoms with Crippen LogP contribution in [0.2, 0.25) is 0 Å². The molecular formula is C12H15NO2. The molecule has 1 rings (SSSR count). The van der Waals surface area contributed by atoms with Gasteiger partial charge in [-0.2, -0.15) is 0 Å². The minimum Gasteiger partial charge on any atom is -0.478 e. The van der Waals surface area contributed by atoms with Crippen LogP contribution in [-0.2, 0) is 11.3 Å². The molecule has 0 atom stereocenters. The highest BCUT2D eigenvalue weighted by molar-refractivity contribution is 5.85. The predicted octanol–water partition coefficient (Wildman–Crippen LogP) is 1.89. The number of carbonyl (C=O) groups is 1. The van der Waals surface area contributed by atoms with Crippen molar-refractivity contribution in [2.75, 3.05) is 6.54 Å². The maximum Gasteiger partial charge on any atom is 0.328 e. The summed E-state index contributed by atoms with van der Waals surface area (Å²) in [6.45, 7) is 3.85. The largest absolute Gasteiger partial charge is 0.478 e. The third-order valence-corrected chi connectivity index (χ3v) is 1.98. The molecule has 1 aromatic carbocycles. The monoisotopic (exact) mass is 205 g/mol. The molecule has 2 N–H and O–H groups in total. The van der Waals surface area contributed by atoms with E-state index in [0.29, 0.717) is 0 Å². The van der Waals surface area contributed by atoms with E-state index in [4.69, 9.17) is 5.11 Å². The lowest BCUT2D eigenvalue weighted by molar-refractivity contribution is -0.131. The molecule has 15 heavy (non-hydrogen) atoms. The number of hydrogen-bond acceptors (Lipinski definition) is 2. The molecular weight excluding hydrogens is 190 g/mol. The summed E-state index contributed by atoms with van der Waals surface area (Å²) < 4.78 is 0. The Morgan fingerprint density at radius 2 is 2.07 bits per heavy atom. The fraction of sp³-hybridized carbons (Fsp3) is 0.250. The van der Waals surface area contributed by atoms with Gasteiger partial charge in [0.25, 0.3) is 0 Å². The first kappa shape index (κ1) is 11.5. The molecule has 0 aromatic heterocycles. The lowest BCUT2D eigenvalue weighted by atomic mass is 10.1. The normalized spacial score (nSPS) is 10.7. The van der Waals surface area contributed by atoms with E-state index in [9.17, 15) is 4.79 Å². The lowest BCUT2D eigenvalue weighted by Crippen LogP contribution is -2.11. The molecule has 0 amide bonds. The molecule has 0 saturated carbocycles. The van der Waals surface area contributed by atoms with Crippen LogP contribution in [0.25, 0.3) is 6.08 Å². The fourth-order valence-electron chi connectivity index (χ4n) is 1.18. The number of benzene rings is 1. The Morgan fingerprint density at radius 1 is 1.40 bits per heavy atom. The molecule has 0 aliphatic heterocycles. The molecule has 0 aliphatic carbocycles. The Labute approximate surface area is 89.4 Å². The maximum atomic E-state index is 10.3. The molecule has 0 spiro atoms. The molecule has 0 saturated heterocycles. The van der Waals surface area contributed by atoms with E-state index in [1.165, 1.54) is 5.56 Å². The van der Waals surface area contributed by atoms with Crippen molar-refractivity contribution in [1.29, 1.82) is 0 Å². The van der Waals surface area contributed by atoms with Crippen molar-refractivity contribution in [3.05, 3.63) is 41.5 Å². The fourth-order valence-corrected chi connectivity index (χ4v) is 1.18. The van der Waals surface area contributed by atoms with E-state index >= 15 is 0 Å². The van der Waals surface area contributed by atoms with Crippen LogP contribution in [0.1, 0.15) is 18.1 Å². The van der Waals surface area contributed by atoms with Crippen molar-refractivity contribution in [3.63, 3.8) is 0 Å². The van der Waals surface area contributed by atoms with Crippen LogP contribution in [0.15, 0.2) is 30.3 Å². The first-order valence-corrected chi connectivity index (χ1v) is 4.93. The summed E-state index contributed by atoms with van der Waals surface area (Å²) in [5.41, 5.74) is 2.10. The van der Waals surface area contributed by atoms with Gasteiger partial charge in [-0.15, -0.1) is 0 Å². The average molecular weight is 205 g/mol. The molecule has 0 bridgehead atoms. The zero-order chi connectivity index (χ0) is 11.1. The van der Waals surface area contributed by atoms with Gasteiger partial charge in [0, 0.05) is 12.6 Å². The topological polar surface area (TPSA) is 49.3 Å². The van der Waals surface area contributed by atoms with Gasteiger partial charge in [0.1, 0.15) is 0 Å². The van der Waals surface area contributed by atoms with Crippen molar-refractivity contribution in [2.24, 2.45) is 0 Å². The summed E-state index contributed by atoms with van der Waals surface area (Å²) in [6, 6.07) is 7.80. The lowest BCUT2D eigenvalue weighted by Gasteiger charge is -2.01. The third kappa shape index (κ3) is 4.42. The number of aliphatic carboxylic acids is 1. The number of nitrogens with one attached hydrogen (secondary N) is 1. The Kier molecular flexibility index (Phi) is 4.57. The van der Waals surface area contributed by atoms with Gasteiger partial charge in [-0.25, -0.2) is 4.79 Å². The number of rotatable bonds is 5. The first-order chi connectivity index (χ1) is 7.22. The summed E-state index contributed by atoms with van der Waals surface area (Å²) in [6.07, 6.45) is 2.72. The molecule has 0 aliphatic rings. The predicted molar refractivity (Wildman–Crippen MR) is 60.5 cm³/mol. The van der Waals surface area contributed by atoms with Gasteiger partial charge >= 0.3 is 5.97 Å². The summed E-state index contributed by atoms with van der Waals surface area (Å²) in [5, 5.41) is 11.7. The van der Waals surface area contributed by atoms with Crippen LogP contribution in [0.3, 0.4) is 0 Å². The second kappa shape index (κ2) is 5.98. The Bertz CT molecular complexity index is 341. The molecule has 3 heteroatoms. The standard InChI is InChI=1S/C12H15NO2/c1-2-13-9-11-5-3-10(4-6-11)7-8-12(14)15/h3-8,13H,2,9H2,1H3,(H,14,15)/b8-7-. The number of hydrogen-bond donors (Lipinski definition) is 2. The molecule has 1 aromatic rings. The van der Waals surface area contributed by atoms with Gasteiger partial charge in [-0.3, -0.25) is 0 Å². The number of carboxylic acids is 1. The highest BCUT2D eigenvalue weighted by Gasteiger charge is 1.92. The highest BCUT2D eigenvalue weighted by atomic mass is 16.4. The van der Waals surface area contributed by atoms with Gasteiger partial charge in [-0.05, 0) is 23.7 Å². The van der Waals surface area contributed by atoms with E-state index < -0.39 is 5.97 Å². The van der Waals surface area contributed by atoms with Crippen molar-refractivity contribution >= 4 is 12.0 Å². The minimum absolute atomic E-state index is 0.847. The van der Waals surface area contributed by atoms with Crippen molar-refractivity contribution in [3.8, 4) is 0 Å². The van der Waals surface area contributed by atoms with E-state index in [1.807, 2.05) is 24.3 Å². The Morgan fingerprint density at radius 3 is 2.60 bits per heavy atom. The average Bonchev–Trinajstić information content (AvgIpc) is 2.25. The van der Waals surface area contributed by atoms with Crippen molar-refractivity contribution < 1.29 is 9.90 Å². The second-order valence-electron chi connectivity index (χ2n) is 3.19. The Hall–Kier alpha value is -1.61. The van der Waals surface area contributed by atoms with Crippen LogP contribution in [-0.4, -0.2) is 17.6 Å². The zero-order valence-corrected chi connectivity index (χ0v) is 8.73. The first-order valence-electron chi connectivity index (χ1n) is 4.93. The molecule has 80 valence electrons. The molecule has 0 fully saturated rings. The van der Waals surface area contributed by atoms with Crippen LogP contribution < -0.4 is 5.32 Å². The van der Waals surface area contributed by atoms with E-state index in [2.05, 4.69) is 12.2 Å². The smallest absolute Gasteiger partial charge is 0.328 e. The van der Waals surface area contributed by atoms with E-state index in [0.717, 1.165) is 24.7 Å². The third-order valence-electron chi connectivity index (χ3n) is 1.98. The highest BCUT2D eigenvalue weighted by Crippen LogP contribution is 2.05. The van der Waals surface area contributed by atoms with Gasteiger partial charge in [0.2, 0.25) is 0 Å². The molecule has 0 heterocycles. The second-order valence-corrected chi connectivity index (χ2v) is 3.19. The summed E-state index contributed by atoms with van der Waals surface area (Å²) in [4.78, 5) is 10.3. The molecule has 0 unspecified atom stereocenters. The van der Waals surface area contributed by atoms with Crippen LogP contribution >= 0.6 is 0 Å². The maximum absolute atomic E-state index is 10.3. The van der Waals surface area contributed by atoms with Crippen LogP contribution in [0, 0.1) is 0 Å². The summed E-state index contributed by atoms with van der Waals surface area (Å²) >= 11 is 0.